The number of thioether (sulfide) groups is 1. The molecule has 1 heterocycles. The van der Waals surface area contributed by atoms with Gasteiger partial charge in [0, 0.05) is 13.7 Å². The summed E-state index contributed by atoms with van der Waals surface area (Å²) < 4.78 is 6.82. The zero-order valence-corrected chi connectivity index (χ0v) is 13.6. The molecule has 1 amide bonds. The Labute approximate surface area is 134 Å². The first kappa shape index (κ1) is 16.5. The second-order valence-electron chi connectivity index (χ2n) is 4.60. The van der Waals surface area contributed by atoms with Gasteiger partial charge in [-0.3, -0.25) is 9.36 Å². The second-order valence-corrected chi connectivity index (χ2v) is 5.54. The van der Waals surface area contributed by atoms with Crippen LogP contribution in [0.1, 0.15) is 12.5 Å². The Morgan fingerprint density at radius 2 is 2.23 bits per heavy atom. The molecule has 1 aromatic heterocycles. The normalized spacial score (nSPS) is 10.6. The molecule has 0 radical (unpaired) electrons. The van der Waals surface area contributed by atoms with E-state index in [2.05, 4.69) is 28.5 Å². The summed E-state index contributed by atoms with van der Waals surface area (Å²) in [6, 6.07) is 8.12. The first-order valence-corrected chi connectivity index (χ1v) is 8.11. The lowest BCUT2D eigenvalue weighted by atomic mass is 10.1. The number of benzene rings is 1. The van der Waals surface area contributed by atoms with Gasteiger partial charge in [0.25, 0.3) is 0 Å². The van der Waals surface area contributed by atoms with Crippen molar-refractivity contribution in [2.75, 3.05) is 26.0 Å². The number of methoxy groups -OCH3 is 1. The molecule has 2 aromatic rings. The number of hydrogen-bond acceptors (Lipinski definition) is 5. The van der Waals surface area contributed by atoms with Gasteiger partial charge >= 0.3 is 0 Å². The number of para-hydroxylation sites is 1. The highest BCUT2D eigenvalue weighted by atomic mass is 32.2. The number of carbonyl (C=O) groups excluding carboxylic acids is 1. The molecule has 2 rings (SSSR count). The monoisotopic (exact) mass is 320 g/mol. The van der Waals surface area contributed by atoms with E-state index in [4.69, 9.17) is 4.74 Å². The summed E-state index contributed by atoms with van der Waals surface area (Å²) in [5.41, 5.74) is 2.27. The van der Waals surface area contributed by atoms with Crippen LogP contribution in [0.15, 0.2) is 35.7 Å². The van der Waals surface area contributed by atoms with E-state index in [1.165, 1.54) is 17.3 Å². The fourth-order valence-corrected chi connectivity index (χ4v) is 2.76. The molecule has 0 unspecified atom stereocenters. The highest BCUT2D eigenvalue weighted by Gasteiger charge is 2.11. The number of amides is 1. The number of aryl methyl sites for hydroxylation is 1. The average molecular weight is 320 g/mol. The molecule has 0 atom stereocenters. The Morgan fingerprint density at radius 3 is 3.00 bits per heavy atom. The van der Waals surface area contributed by atoms with E-state index in [0.717, 1.165) is 12.1 Å². The third-order valence-electron chi connectivity index (χ3n) is 3.11. The van der Waals surface area contributed by atoms with Crippen molar-refractivity contribution in [3.05, 3.63) is 36.2 Å². The van der Waals surface area contributed by atoms with Crippen LogP contribution in [0.3, 0.4) is 0 Å². The van der Waals surface area contributed by atoms with E-state index in [-0.39, 0.29) is 5.91 Å². The van der Waals surface area contributed by atoms with Crippen molar-refractivity contribution in [2.45, 2.75) is 18.5 Å². The Morgan fingerprint density at radius 1 is 1.41 bits per heavy atom. The summed E-state index contributed by atoms with van der Waals surface area (Å²) in [5, 5.41) is 11.6. The van der Waals surface area contributed by atoms with Gasteiger partial charge in [-0.1, -0.05) is 36.9 Å². The van der Waals surface area contributed by atoms with Gasteiger partial charge in [0.1, 0.15) is 6.33 Å². The molecule has 0 spiro atoms. The number of hydrogen-bond donors (Lipinski definition) is 1. The van der Waals surface area contributed by atoms with Crippen LogP contribution in [0.25, 0.3) is 5.69 Å². The van der Waals surface area contributed by atoms with E-state index in [1.807, 2.05) is 22.8 Å². The number of ether oxygens (including phenoxy) is 1. The summed E-state index contributed by atoms with van der Waals surface area (Å²) in [4.78, 5) is 11.7. The van der Waals surface area contributed by atoms with Gasteiger partial charge in [-0.25, -0.2) is 0 Å². The van der Waals surface area contributed by atoms with Crippen molar-refractivity contribution in [1.82, 2.24) is 20.1 Å². The van der Waals surface area contributed by atoms with Crippen LogP contribution in [0, 0.1) is 0 Å². The predicted octanol–water partition coefficient (Wildman–Crippen LogP) is 1.68. The quantitative estimate of drug-likeness (QED) is 0.592. The SMILES string of the molecule is CCc1ccccc1-n1cnnc1SCC(=O)NCCOC. The molecule has 118 valence electrons. The lowest BCUT2D eigenvalue weighted by Gasteiger charge is -2.10. The van der Waals surface area contributed by atoms with Gasteiger partial charge in [0.05, 0.1) is 18.0 Å². The molecule has 0 aliphatic heterocycles. The Kier molecular flexibility index (Phi) is 6.42. The van der Waals surface area contributed by atoms with Crippen LogP contribution in [0.4, 0.5) is 0 Å². The van der Waals surface area contributed by atoms with Crippen molar-refractivity contribution in [1.29, 1.82) is 0 Å². The lowest BCUT2D eigenvalue weighted by Crippen LogP contribution is -2.28. The Hall–Kier alpha value is -1.86. The number of nitrogens with zero attached hydrogens (tertiary/aromatic N) is 3. The van der Waals surface area contributed by atoms with Crippen LogP contribution < -0.4 is 5.32 Å². The van der Waals surface area contributed by atoms with Gasteiger partial charge in [-0.2, -0.15) is 0 Å². The maximum absolute atomic E-state index is 11.7. The summed E-state index contributed by atoms with van der Waals surface area (Å²) in [6.07, 6.45) is 2.61. The molecule has 0 bridgehead atoms. The molecule has 22 heavy (non-hydrogen) atoms. The maximum Gasteiger partial charge on any atom is 0.230 e. The number of nitrogens with one attached hydrogen (secondary N) is 1. The number of rotatable bonds is 8. The highest BCUT2D eigenvalue weighted by molar-refractivity contribution is 7.99. The van der Waals surface area contributed by atoms with E-state index >= 15 is 0 Å². The number of aromatic nitrogens is 3. The van der Waals surface area contributed by atoms with Crippen molar-refractivity contribution < 1.29 is 9.53 Å². The van der Waals surface area contributed by atoms with Gasteiger partial charge in [0.15, 0.2) is 5.16 Å². The molecule has 0 saturated heterocycles. The molecule has 0 fully saturated rings. The molecule has 7 heteroatoms. The van der Waals surface area contributed by atoms with Gasteiger partial charge in [-0.05, 0) is 18.1 Å². The van der Waals surface area contributed by atoms with Crippen molar-refractivity contribution in [2.24, 2.45) is 0 Å². The highest BCUT2D eigenvalue weighted by Crippen LogP contribution is 2.22. The van der Waals surface area contributed by atoms with E-state index in [9.17, 15) is 4.79 Å². The first-order chi connectivity index (χ1) is 10.8. The maximum atomic E-state index is 11.7. The molecule has 0 saturated carbocycles. The first-order valence-electron chi connectivity index (χ1n) is 7.13. The molecule has 1 N–H and O–H groups in total. The summed E-state index contributed by atoms with van der Waals surface area (Å²) in [7, 11) is 1.61. The smallest absolute Gasteiger partial charge is 0.230 e. The van der Waals surface area contributed by atoms with Crippen LogP contribution in [0.2, 0.25) is 0 Å². The zero-order chi connectivity index (χ0) is 15.8. The van der Waals surface area contributed by atoms with Crippen LogP contribution in [-0.2, 0) is 16.0 Å². The second kappa shape index (κ2) is 8.55. The van der Waals surface area contributed by atoms with Gasteiger partial charge in [0.2, 0.25) is 5.91 Å². The summed E-state index contributed by atoms with van der Waals surface area (Å²) >= 11 is 1.37. The molecule has 1 aromatic carbocycles. The van der Waals surface area contributed by atoms with E-state index in [1.54, 1.807) is 13.4 Å². The van der Waals surface area contributed by atoms with Gasteiger partial charge < -0.3 is 10.1 Å². The molecule has 0 aliphatic carbocycles. The fraction of sp³-hybridized carbons (Fsp3) is 0.400. The third-order valence-corrected chi connectivity index (χ3v) is 4.05. The standard InChI is InChI=1S/C15H20N4O2S/c1-3-12-6-4-5-7-13(12)19-11-17-18-15(19)22-10-14(20)16-8-9-21-2/h4-7,11H,3,8-10H2,1-2H3,(H,16,20). The van der Waals surface area contributed by atoms with Crippen molar-refractivity contribution in [3.63, 3.8) is 0 Å². The zero-order valence-electron chi connectivity index (χ0n) is 12.8. The van der Waals surface area contributed by atoms with Crippen LogP contribution in [-0.4, -0.2) is 46.7 Å². The largest absolute Gasteiger partial charge is 0.383 e. The summed E-state index contributed by atoms with van der Waals surface area (Å²) in [6.45, 7) is 3.14. The molecule has 6 nitrogen and oxygen atoms in total. The lowest BCUT2D eigenvalue weighted by molar-refractivity contribution is -0.118. The topological polar surface area (TPSA) is 69.0 Å². The van der Waals surface area contributed by atoms with Crippen LogP contribution >= 0.6 is 11.8 Å². The van der Waals surface area contributed by atoms with Crippen LogP contribution in [0.5, 0.6) is 0 Å². The Bertz CT molecular complexity index is 615. The molecule has 0 aliphatic rings. The predicted molar refractivity (Wildman–Crippen MR) is 86.3 cm³/mol. The van der Waals surface area contributed by atoms with Crippen molar-refractivity contribution >= 4 is 17.7 Å². The minimum Gasteiger partial charge on any atom is -0.383 e. The molecular weight excluding hydrogens is 300 g/mol. The van der Waals surface area contributed by atoms with E-state index < -0.39 is 0 Å². The molecular formula is C15H20N4O2S. The van der Waals surface area contributed by atoms with Gasteiger partial charge in [-0.15, -0.1) is 10.2 Å². The third kappa shape index (κ3) is 4.32. The summed E-state index contributed by atoms with van der Waals surface area (Å²) in [5.74, 6) is 0.261. The Balaban J connectivity index is 2.02. The average Bonchev–Trinajstić information content (AvgIpc) is 3.01. The van der Waals surface area contributed by atoms with Crippen molar-refractivity contribution in [3.8, 4) is 5.69 Å². The minimum atomic E-state index is -0.0413. The minimum absolute atomic E-state index is 0.0413. The van der Waals surface area contributed by atoms with E-state index in [0.29, 0.717) is 24.1 Å². The fourth-order valence-electron chi connectivity index (χ4n) is 2.01. The number of carbonyl (C=O) groups is 1.